The van der Waals surface area contributed by atoms with Crippen molar-refractivity contribution in [2.24, 2.45) is 7.05 Å². The number of rotatable bonds is 4. The largest absolute Gasteiger partial charge is 0.309 e. The summed E-state index contributed by atoms with van der Waals surface area (Å²) < 4.78 is 3.22. The van der Waals surface area contributed by atoms with E-state index in [1.165, 1.54) is 16.6 Å². The predicted octanol–water partition coefficient (Wildman–Crippen LogP) is 2.71. The predicted molar refractivity (Wildman–Crippen MR) is 86.9 cm³/mol. The normalized spacial score (nSPS) is 23.2. The Morgan fingerprint density at radius 3 is 2.65 bits per heavy atom. The van der Waals surface area contributed by atoms with Crippen molar-refractivity contribution in [3.63, 3.8) is 0 Å². The molecule has 5 heteroatoms. The average molecular weight is 343 g/mol. The molecule has 1 N–H and O–H groups in total. The molecule has 1 unspecified atom stereocenters. The highest BCUT2D eigenvalue weighted by Gasteiger charge is 2.32. The average Bonchev–Trinajstić information content (AvgIpc) is 2.65. The molecule has 1 fully saturated rings. The van der Waals surface area contributed by atoms with Gasteiger partial charge in [0, 0.05) is 38.3 Å². The van der Waals surface area contributed by atoms with Gasteiger partial charge in [0.15, 0.2) is 0 Å². The summed E-state index contributed by atoms with van der Waals surface area (Å²) in [5.74, 6) is 0. The van der Waals surface area contributed by atoms with Crippen LogP contribution in [0.2, 0.25) is 0 Å². The van der Waals surface area contributed by atoms with Crippen molar-refractivity contribution in [3.05, 3.63) is 15.9 Å². The molecule has 0 bridgehead atoms. The Morgan fingerprint density at radius 1 is 1.40 bits per heavy atom. The molecule has 1 saturated heterocycles. The summed E-state index contributed by atoms with van der Waals surface area (Å²) >= 11 is 3.73. The highest BCUT2D eigenvalue weighted by molar-refractivity contribution is 9.10. The minimum absolute atomic E-state index is 0.185. The summed E-state index contributed by atoms with van der Waals surface area (Å²) in [6.45, 7) is 12.1. The smallest absolute Gasteiger partial charge is 0.0767 e. The number of aromatic nitrogens is 2. The van der Waals surface area contributed by atoms with Gasteiger partial charge in [0.1, 0.15) is 0 Å². The van der Waals surface area contributed by atoms with Gasteiger partial charge >= 0.3 is 0 Å². The summed E-state index contributed by atoms with van der Waals surface area (Å²) in [6.07, 6.45) is 2.15. The molecule has 0 aromatic carbocycles. The van der Waals surface area contributed by atoms with Gasteiger partial charge in [-0.2, -0.15) is 5.10 Å². The monoisotopic (exact) mass is 342 g/mol. The minimum Gasteiger partial charge on any atom is -0.309 e. The fourth-order valence-corrected chi connectivity index (χ4v) is 3.73. The third-order valence-corrected chi connectivity index (χ3v) is 5.17. The second-order valence-corrected chi connectivity index (χ2v) is 7.21. The number of halogens is 1. The van der Waals surface area contributed by atoms with Gasteiger partial charge in [-0.05, 0) is 42.6 Å². The van der Waals surface area contributed by atoms with E-state index in [0.717, 1.165) is 31.7 Å². The molecule has 1 aromatic rings. The van der Waals surface area contributed by atoms with Crippen LogP contribution in [0, 0.1) is 0 Å². The van der Waals surface area contributed by atoms with Gasteiger partial charge in [0.2, 0.25) is 0 Å². The molecular weight excluding hydrogens is 316 g/mol. The molecule has 0 spiro atoms. The molecule has 2 heterocycles. The van der Waals surface area contributed by atoms with Crippen LogP contribution in [0.15, 0.2) is 4.47 Å². The number of piperazine rings is 1. The van der Waals surface area contributed by atoms with Gasteiger partial charge in [-0.1, -0.05) is 13.8 Å². The van der Waals surface area contributed by atoms with E-state index in [1.807, 2.05) is 11.7 Å². The lowest BCUT2D eigenvalue weighted by molar-refractivity contribution is 0.0833. The SMILES string of the molecule is CCc1nn(C)c(CN2CC(C)(C)NCC2CC)c1Br. The second-order valence-electron chi connectivity index (χ2n) is 6.42. The molecule has 1 atom stereocenters. The van der Waals surface area contributed by atoms with Gasteiger partial charge < -0.3 is 5.32 Å². The molecule has 1 aromatic heterocycles. The lowest BCUT2D eigenvalue weighted by Crippen LogP contribution is -2.61. The summed E-state index contributed by atoms with van der Waals surface area (Å²) in [5, 5.41) is 8.25. The van der Waals surface area contributed by atoms with E-state index in [-0.39, 0.29) is 5.54 Å². The molecule has 0 amide bonds. The zero-order valence-electron chi connectivity index (χ0n) is 13.3. The summed E-state index contributed by atoms with van der Waals surface area (Å²) in [7, 11) is 2.05. The van der Waals surface area contributed by atoms with Crippen LogP contribution in [-0.4, -0.2) is 39.4 Å². The van der Waals surface area contributed by atoms with Gasteiger partial charge in [0.05, 0.1) is 15.9 Å². The first-order chi connectivity index (χ1) is 9.38. The van der Waals surface area contributed by atoms with Crippen LogP contribution in [0.4, 0.5) is 0 Å². The molecule has 1 aliphatic rings. The first kappa shape index (κ1) is 16.0. The Balaban J connectivity index is 2.20. The number of aryl methyl sites for hydroxylation is 2. The highest BCUT2D eigenvalue weighted by atomic mass is 79.9. The molecule has 20 heavy (non-hydrogen) atoms. The van der Waals surface area contributed by atoms with Crippen molar-refractivity contribution in [1.29, 1.82) is 0 Å². The third kappa shape index (κ3) is 3.26. The van der Waals surface area contributed by atoms with Gasteiger partial charge in [-0.15, -0.1) is 0 Å². The van der Waals surface area contributed by atoms with Crippen molar-refractivity contribution in [2.45, 2.75) is 58.7 Å². The van der Waals surface area contributed by atoms with Crippen LogP contribution >= 0.6 is 15.9 Å². The Labute approximate surface area is 131 Å². The van der Waals surface area contributed by atoms with Crippen LogP contribution < -0.4 is 5.32 Å². The summed E-state index contributed by atoms with van der Waals surface area (Å²) in [4.78, 5) is 2.59. The molecule has 114 valence electrons. The second kappa shape index (κ2) is 6.16. The first-order valence-electron chi connectivity index (χ1n) is 7.57. The maximum atomic E-state index is 4.61. The molecule has 1 aliphatic heterocycles. The maximum absolute atomic E-state index is 4.61. The van der Waals surface area contributed by atoms with E-state index in [0.29, 0.717) is 6.04 Å². The van der Waals surface area contributed by atoms with Crippen molar-refractivity contribution >= 4 is 15.9 Å². The lowest BCUT2D eigenvalue weighted by Gasteiger charge is -2.44. The van der Waals surface area contributed by atoms with Crippen LogP contribution in [0.5, 0.6) is 0 Å². The summed E-state index contributed by atoms with van der Waals surface area (Å²) in [5.41, 5.74) is 2.63. The van der Waals surface area contributed by atoms with Gasteiger partial charge in [-0.3, -0.25) is 9.58 Å². The maximum Gasteiger partial charge on any atom is 0.0767 e. The Bertz CT molecular complexity index is 467. The molecule has 4 nitrogen and oxygen atoms in total. The van der Waals surface area contributed by atoms with E-state index in [1.54, 1.807) is 0 Å². The molecular formula is C15H27BrN4. The van der Waals surface area contributed by atoms with Gasteiger partial charge in [0.25, 0.3) is 0 Å². The fourth-order valence-electron chi connectivity index (χ4n) is 2.99. The lowest BCUT2D eigenvalue weighted by atomic mass is 9.97. The number of hydrogen-bond donors (Lipinski definition) is 1. The zero-order chi connectivity index (χ0) is 14.9. The minimum atomic E-state index is 0.185. The van der Waals surface area contributed by atoms with Crippen LogP contribution in [0.1, 0.15) is 45.5 Å². The van der Waals surface area contributed by atoms with E-state index >= 15 is 0 Å². The quantitative estimate of drug-likeness (QED) is 0.913. The molecule has 0 radical (unpaired) electrons. The van der Waals surface area contributed by atoms with Crippen molar-refractivity contribution in [2.75, 3.05) is 13.1 Å². The van der Waals surface area contributed by atoms with E-state index in [4.69, 9.17) is 0 Å². The fraction of sp³-hybridized carbons (Fsp3) is 0.800. The van der Waals surface area contributed by atoms with Crippen molar-refractivity contribution in [1.82, 2.24) is 20.0 Å². The third-order valence-electron chi connectivity index (χ3n) is 4.26. The zero-order valence-corrected chi connectivity index (χ0v) is 14.9. The first-order valence-corrected chi connectivity index (χ1v) is 8.36. The van der Waals surface area contributed by atoms with Crippen LogP contribution in [0.3, 0.4) is 0 Å². The number of hydrogen-bond acceptors (Lipinski definition) is 3. The van der Waals surface area contributed by atoms with Crippen LogP contribution in [0.25, 0.3) is 0 Å². The molecule has 0 saturated carbocycles. The van der Waals surface area contributed by atoms with Crippen molar-refractivity contribution < 1.29 is 0 Å². The van der Waals surface area contributed by atoms with Crippen LogP contribution in [-0.2, 0) is 20.0 Å². The Morgan fingerprint density at radius 2 is 2.10 bits per heavy atom. The van der Waals surface area contributed by atoms with E-state index < -0.39 is 0 Å². The molecule has 2 rings (SSSR count). The standard InChI is InChI=1S/C15H27BrN4/c1-6-11-8-17-15(3,4)10-20(11)9-13-14(16)12(7-2)18-19(13)5/h11,17H,6-10H2,1-5H3. The van der Waals surface area contributed by atoms with Crippen molar-refractivity contribution in [3.8, 4) is 0 Å². The summed E-state index contributed by atoms with van der Waals surface area (Å²) in [6, 6.07) is 0.606. The topological polar surface area (TPSA) is 33.1 Å². The van der Waals surface area contributed by atoms with Gasteiger partial charge in [-0.25, -0.2) is 0 Å². The highest BCUT2D eigenvalue weighted by Crippen LogP contribution is 2.26. The number of nitrogens with one attached hydrogen (secondary N) is 1. The number of nitrogens with zero attached hydrogens (tertiary/aromatic N) is 3. The Hall–Kier alpha value is -0.390. The molecule has 0 aliphatic carbocycles. The van der Waals surface area contributed by atoms with E-state index in [9.17, 15) is 0 Å². The Kier molecular flexibility index (Phi) is 4.92. The van der Waals surface area contributed by atoms with E-state index in [2.05, 4.69) is 58.9 Å².